The summed E-state index contributed by atoms with van der Waals surface area (Å²) in [6.07, 6.45) is 47.0. The molecule has 0 heterocycles. The van der Waals surface area contributed by atoms with Crippen LogP contribution in [0.25, 0.3) is 0 Å². The molecule has 0 bridgehead atoms. The predicted octanol–water partition coefficient (Wildman–Crippen LogP) is 23.6. The highest BCUT2D eigenvalue weighted by atomic mass is 16.5. The van der Waals surface area contributed by atoms with E-state index in [1.807, 2.05) is 6.92 Å². The van der Waals surface area contributed by atoms with Crippen LogP contribution in [0.15, 0.2) is 25.5 Å². The number of allylic oxidation sites excluding steroid dienone is 1. The lowest BCUT2D eigenvalue weighted by atomic mass is 9.79. The quantitative estimate of drug-likeness (QED) is 0.0665. The predicted molar refractivity (Wildman–Crippen MR) is 371 cm³/mol. The number of ether oxygens (including phenoxy) is 5. The summed E-state index contributed by atoms with van der Waals surface area (Å²) in [7, 11) is 0. The van der Waals surface area contributed by atoms with Crippen LogP contribution in [0, 0.1) is 71.0 Å². The first-order chi connectivity index (χ1) is 39.4. The molecule has 0 aromatic rings. The van der Waals surface area contributed by atoms with Gasteiger partial charge in [0.1, 0.15) is 6.10 Å². The van der Waals surface area contributed by atoms with E-state index in [1.54, 1.807) is 12.3 Å². The Morgan fingerprint density at radius 1 is 0.361 bits per heavy atom. The molecule has 6 rings (SSSR count). The Balaban J connectivity index is -0.000000304. The van der Waals surface area contributed by atoms with Crippen molar-refractivity contribution in [1.29, 1.82) is 0 Å². The first-order valence-electron chi connectivity index (χ1n) is 36.6. The molecule has 0 amide bonds. The summed E-state index contributed by atoms with van der Waals surface area (Å²) >= 11 is 0. The van der Waals surface area contributed by atoms with Crippen molar-refractivity contribution in [1.82, 2.24) is 0 Å². The van der Waals surface area contributed by atoms with Crippen LogP contribution in [0.4, 0.5) is 0 Å². The van der Waals surface area contributed by atoms with Crippen molar-refractivity contribution in [3.8, 4) is 0 Å². The molecule has 6 saturated carbocycles. The molecular weight excluding hydrogens is 1020 g/mol. The molecule has 6 nitrogen and oxygen atoms in total. The van der Waals surface area contributed by atoms with E-state index in [9.17, 15) is 5.11 Å². The lowest BCUT2D eigenvalue weighted by Gasteiger charge is -2.32. The molecule has 496 valence electrons. The van der Waals surface area contributed by atoms with Crippen LogP contribution in [-0.2, 0) is 18.9 Å². The molecule has 6 aliphatic carbocycles. The van der Waals surface area contributed by atoms with E-state index < -0.39 is 0 Å². The second-order valence-corrected chi connectivity index (χ2v) is 29.1. The van der Waals surface area contributed by atoms with Gasteiger partial charge < -0.3 is 28.8 Å². The van der Waals surface area contributed by atoms with E-state index in [1.165, 1.54) is 180 Å². The molecule has 6 fully saturated rings. The second-order valence-electron chi connectivity index (χ2n) is 29.1. The average molecular weight is 1180 g/mol. The van der Waals surface area contributed by atoms with Crippen LogP contribution in [0.3, 0.4) is 0 Å². The molecule has 0 saturated heterocycles. The van der Waals surface area contributed by atoms with Gasteiger partial charge in [0, 0.05) is 26.7 Å². The number of hydrogen-bond donors (Lipinski definition) is 1. The minimum atomic E-state index is 0. The lowest BCUT2D eigenvalue weighted by Crippen LogP contribution is -2.29. The minimum Gasteiger partial charge on any atom is -0.499 e. The van der Waals surface area contributed by atoms with Gasteiger partial charge in [-0.25, -0.2) is 0 Å². The van der Waals surface area contributed by atoms with E-state index in [-0.39, 0.29) is 11.8 Å². The summed E-state index contributed by atoms with van der Waals surface area (Å²) in [5, 5.41) is 9.28. The first-order valence-corrected chi connectivity index (χ1v) is 36.6. The fourth-order valence-corrected chi connectivity index (χ4v) is 14.4. The third-order valence-electron chi connectivity index (χ3n) is 21.2. The maximum Gasteiger partial charge on any atom is 1.00 e. The van der Waals surface area contributed by atoms with Gasteiger partial charge in [-0.15, -0.1) is 6.58 Å². The standard InChI is InChI=1S/4C13H26O.C12H22O.C10H20O.C3H6/c4*1-5-11(4)12-6-8-13(9-7-12)14-10(2)3;1-4-10(3)11-6-8-12(9-7-11)13-5-2;1-3-8(2)9-4-6-10(11)7-5-9;1-3-2/h4*10-13H,5-9H2,1-4H3;5,10-12H,2,4,6-9H2,1,3H3;8-11H,3-7H2,1-2H3;3H,1H2,2H3/p+5. The Labute approximate surface area is 527 Å². The van der Waals surface area contributed by atoms with Crippen molar-refractivity contribution in [2.45, 2.75) is 399 Å². The van der Waals surface area contributed by atoms with E-state index in [4.69, 9.17) is 23.7 Å². The van der Waals surface area contributed by atoms with E-state index in [2.05, 4.69) is 152 Å². The monoisotopic (exact) mass is 1180 g/mol. The van der Waals surface area contributed by atoms with Crippen molar-refractivity contribution in [3.63, 3.8) is 0 Å². The SMILES string of the molecule is C=CC.C=COC1CCC(C(C)CC)CC1.CCC(C)C1CCC(O)CC1.CCC(C)C1CCC(OC(C)C)CC1.CCC(C)C1CCC(OC(C)C)CC1.CCC(C)C1CCC(OC(C)C)CC1.CCC(C)C1CCC([OH+]C(C)C)CC1.[H+].[H+].[H+].[H+]. The summed E-state index contributed by atoms with van der Waals surface area (Å²) in [6.45, 7) is 54.2. The van der Waals surface area contributed by atoms with Crippen LogP contribution in [0.5, 0.6) is 0 Å². The van der Waals surface area contributed by atoms with Crippen molar-refractivity contribution in [2.24, 2.45) is 71.0 Å². The Hall–Kier alpha value is -0.920. The van der Waals surface area contributed by atoms with Gasteiger partial charge in [0.15, 0.2) is 6.10 Å². The largest absolute Gasteiger partial charge is 1.00 e. The summed E-state index contributed by atoms with van der Waals surface area (Å²) in [5.41, 5.74) is 0. The topological polar surface area (TPSA) is 70.0 Å². The molecule has 0 aromatic heterocycles. The minimum absolute atomic E-state index is 0. The van der Waals surface area contributed by atoms with Crippen molar-refractivity contribution < 1.29 is 34.5 Å². The van der Waals surface area contributed by atoms with E-state index in [0.717, 1.165) is 83.9 Å². The Kier molecular flexibility index (Phi) is 49.3. The van der Waals surface area contributed by atoms with Gasteiger partial charge >= 0.3 is 5.71 Å². The van der Waals surface area contributed by atoms with Crippen LogP contribution in [0.1, 0.15) is 344 Å². The highest BCUT2D eigenvalue weighted by Crippen LogP contribution is 2.38. The normalized spacial score (nSPS) is 30.3. The Morgan fingerprint density at radius 2 is 0.566 bits per heavy atom. The molecule has 2 N–H and O–H groups in total. The van der Waals surface area contributed by atoms with Gasteiger partial charge in [0.05, 0.1) is 55.1 Å². The molecule has 0 spiro atoms. The number of aliphatic hydroxyl groups excluding tert-OH is 1. The summed E-state index contributed by atoms with van der Waals surface area (Å²) in [6, 6.07) is 0. The molecule has 6 unspecified atom stereocenters. The second kappa shape index (κ2) is 49.9. The molecule has 6 heteroatoms. The van der Waals surface area contributed by atoms with Crippen LogP contribution >= 0.6 is 0 Å². The molecule has 0 aliphatic heterocycles. The Bertz CT molecular complexity index is 1290. The molecular formula is C77H157O6+5. The Morgan fingerprint density at radius 3 is 0.759 bits per heavy atom. The van der Waals surface area contributed by atoms with Gasteiger partial charge in [-0.2, -0.15) is 0 Å². The third kappa shape index (κ3) is 39.0. The van der Waals surface area contributed by atoms with Gasteiger partial charge in [-0.05, 0) is 261 Å². The number of aliphatic hydroxyl groups is 3. The van der Waals surface area contributed by atoms with Crippen LogP contribution in [-0.4, -0.2) is 70.9 Å². The average Bonchev–Trinajstić information content (AvgIpc) is 3.67. The van der Waals surface area contributed by atoms with Gasteiger partial charge in [0.2, 0.25) is 0 Å². The maximum absolute atomic E-state index is 9.28. The highest BCUT2D eigenvalue weighted by molar-refractivity contribution is 4.81. The van der Waals surface area contributed by atoms with Gasteiger partial charge in [-0.1, -0.05) is 134 Å². The smallest absolute Gasteiger partial charge is 0.499 e. The molecule has 6 aliphatic rings. The summed E-state index contributed by atoms with van der Waals surface area (Å²) in [5.74, 6) is 11.1. The zero-order valence-electron chi connectivity index (χ0n) is 64.0. The number of rotatable bonds is 22. The molecule has 6 atom stereocenters. The van der Waals surface area contributed by atoms with Gasteiger partial charge in [0.25, 0.3) is 0 Å². The summed E-state index contributed by atoms with van der Waals surface area (Å²) in [4.78, 5) is 0. The summed E-state index contributed by atoms with van der Waals surface area (Å²) < 4.78 is 27.7. The third-order valence-corrected chi connectivity index (χ3v) is 21.2. The molecule has 0 aromatic carbocycles. The maximum atomic E-state index is 9.28. The van der Waals surface area contributed by atoms with Crippen molar-refractivity contribution in [3.05, 3.63) is 25.5 Å². The first kappa shape index (κ1) is 82.1. The van der Waals surface area contributed by atoms with Gasteiger partial charge in [-0.3, -0.25) is 0 Å². The van der Waals surface area contributed by atoms with Crippen LogP contribution in [0.2, 0.25) is 0 Å². The highest BCUT2D eigenvalue weighted by Gasteiger charge is 2.30. The van der Waals surface area contributed by atoms with E-state index >= 15 is 0 Å². The zero-order chi connectivity index (χ0) is 62.9. The van der Waals surface area contributed by atoms with E-state index in [0.29, 0.717) is 54.9 Å². The lowest BCUT2D eigenvalue weighted by molar-refractivity contribution is -0.161. The molecule has 83 heavy (non-hydrogen) atoms. The molecule has 0 radical (unpaired) electrons. The van der Waals surface area contributed by atoms with Crippen molar-refractivity contribution >= 4 is 0 Å². The van der Waals surface area contributed by atoms with Crippen LogP contribution < -0.4 is 0 Å². The fourth-order valence-electron chi connectivity index (χ4n) is 14.4. The zero-order valence-corrected chi connectivity index (χ0v) is 60.0. The number of hydrogen-bond acceptors (Lipinski definition) is 5. The fraction of sp³-hybridized carbons (Fsp3) is 0.948. The van der Waals surface area contributed by atoms with Crippen molar-refractivity contribution in [2.75, 3.05) is 0 Å².